The zero-order chi connectivity index (χ0) is 26.4. The number of nitrogens with zero attached hydrogens (tertiary/aromatic N) is 4. The maximum Gasteiger partial charge on any atom is 0.407 e. The second-order valence-electron chi connectivity index (χ2n) is 9.00. The Bertz CT molecular complexity index is 1240. The van der Waals surface area contributed by atoms with Crippen molar-refractivity contribution in [2.75, 3.05) is 55.4 Å². The number of anilines is 3. The van der Waals surface area contributed by atoms with Gasteiger partial charge in [-0.2, -0.15) is 0 Å². The van der Waals surface area contributed by atoms with Gasteiger partial charge in [-0.1, -0.05) is 36.4 Å². The lowest BCUT2D eigenvalue weighted by atomic mass is 10.1. The summed E-state index contributed by atoms with van der Waals surface area (Å²) in [5.74, 6) is 1.23. The quantitative estimate of drug-likeness (QED) is 0.436. The first-order valence-electron chi connectivity index (χ1n) is 12.4. The van der Waals surface area contributed by atoms with Crippen LogP contribution in [0.4, 0.5) is 22.0 Å². The Labute approximate surface area is 217 Å². The van der Waals surface area contributed by atoms with Crippen LogP contribution in [0.1, 0.15) is 35.4 Å². The number of pyridine rings is 1. The predicted octanol–water partition coefficient (Wildman–Crippen LogP) is 4.73. The molecule has 0 fully saturated rings. The van der Waals surface area contributed by atoms with Crippen LogP contribution >= 0.6 is 0 Å². The van der Waals surface area contributed by atoms with Crippen molar-refractivity contribution in [2.24, 2.45) is 0 Å². The zero-order valence-electron chi connectivity index (χ0n) is 21.4. The Balaban J connectivity index is 1.58. The fraction of sp³-hybridized carbons (Fsp3) is 0.321. The van der Waals surface area contributed by atoms with Gasteiger partial charge in [-0.15, -0.1) is 0 Å². The number of benzene rings is 2. The highest BCUT2D eigenvalue weighted by Crippen LogP contribution is 2.32. The molecule has 1 aliphatic rings. The molecule has 9 nitrogen and oxygen atoms in total. The van der Waals surface area contributed by atoms with Gasteiger partial charge in [-0.25, -0.2) is 9.78 Å². The van der Waals surface area contributed by atoms with Gasteiger partial charge in [0.15, 0.2) is 0 Å². The van der Waals surface area contributed by atoms with E-state index in [0.717, 1.165) is 29.3 Å². The molecule has 37 heavy (non-hydrogen) atoms. The third-order valence-electron chi connectivity index (χ3n) is 6.42. The summed E-state index contributed by atoms with van der Waals surface area (Å²) >= 11 is 0. The van der Waals surface area contributed by atoms with Crippen LogP contribution in [0.5, 0.6) is 5.75 Å². The van der Waals surface area contributed by atoms with E-state index in [1.807, 2.05) is 74.6 Å². The molecule has 0 radical (unpaired) electrons. The lowest BCUT2D eigenvalue weighted by Crippen LogP contribution is -2.33. The number of carbonyl (C=O) groups excluding carboxylic acids is 1. The van der Waals surface area contributed by atoms with Crippen molar-refractivity contribution >= 4 is 29.2 Å². The minimum absolute atomic E-state index is 0.116. The van der Waals surface area contributed by atoms with E-state index in [1.54, 1.807) is 18.1 Å². The summed E-state index contributed by atoms with van der Waals surface area (Å²) in [7, 11) is 3.52. The molecule has 194 valence electrons. The molecular weight excluding hydrogens is 470 g/mol. The van der Waals surface area contributed by atoms with Gasteiger partial charge < -0.3 is 29.9 Å². The van der Waals surface area contributed by atoms with Crippen LogP contribution in [-0.2, 0) is 0 Å². The van der Waals surface area contributed by atoms with Crippen LogP contribution in [0, 0.1) is 0 Å². The molecule has 4 rings (SSSR count). The van der Waals surface area contributed by atoms with Gasteiger partial charge in [0.1, 0.15) is 17.7 Å². The number of nitrogens with one attached hydrogen (secondary N) is 1. The Kier molecular flexibility index (Phi) is 8.12. The maximum atomic E-state index is 13.6. The zero-order valence-corrected chi connectivity index (χ0v) is 21.4. The maximum absolute atomic E-state index is 13.6. The Morgan fingerprint density at radius 3 is 2.68 bits per heavy atom. The van der Waals surface area contributed by atoms with E-state index in [9.17, 15) is 14.7 Å². The third-order valence-corrected chi connectivity index (χ3v) is 6.42. The monoisotopic (exact) mass is 503 g/mol. The summed E-state index contributed by atoms with van der Waals surface area (Å²) in [5.41, 5.74) is 3.08. The Morgan fingerprint density at radius 2 is 1.95 bits per heavy atom. The lowest BCUT2D eigenvalue weighted by Gasteiger charge is -2.24. The molecular formula is C28H33N5O4. The van der Waals surface area contributed by atoms with E-state index in [-0.39, 0.29) is 12.0 Å². The summed E-state index contributed by atoms with van der Waals surface area (Å²) in [6.45, 7) is 4.25. The van der Waals surface area contributed by atoms with Gasteiger partial charge in [0.2, 0.25) is 0 Å². The molecule has 1 aromatic heterocycles. The topological polar surface area (TPSA) is 98.2 Å². The van der Waals surface area contributed by atoms with Crippen molar-refractivity contribution in [3.8, 4) is 5.75 Å². The molecule has 0 saturated carbocycles. The van der Waals surface area contributed by atoms with Crippen LogP contribution in [0.25, 0.3) is 0 Å². The number of hydrogen-bond acceptors (Lipinski definition) is 6. The number of ether oxygens (including phenoxy) is 1. The highest BCUT2D eigenvalue weighted by Gasteiger charge is 2.27. The summed E-state index contributed by atoms with van der Waals surface area (Å²) in [6.07, 6.45) is 0.789. The van der Waals surface area contributed by atoms with E-state index < -0.39 is 6.09 Å². The second-order valence-corrected chi connectivity index (χ2v) is 9.00. The van der Waals surface area contributed by atoms with Crippen molar-refractivity contribution in [1.29, 1.82) is 0 Å². The van der Waals surface area contributed by atoms with Crippen molar-refractivity contribution in [3.63, 3.8) is 0 Å². The van der Waals surface area contributed by atoms with E-state index in [4.69, 9.17) is 4.74 Å². The molecule has 3 aromatic rings. The van der Waals surface area contributed by atoms with E-state index in [1.165, 1.54) is 4.90 Å². The normalized spacial score (nSPS) is 14.0. The number of rotatable bonds is 9. The van der Waals surface area contributed by atoms with Crippen molar-refractivity contribution < 1.29 is 19.4 Å². The van der Waals surface area contributed by atoms with Gasteiger partial charge in [0, 0.05) is 70.7 Å². The van der Waals surface area contributed by atoms with E-state index in [2.05, 4.69) is 15.2 Å². The number of carbonyl (C=O) groups is 2. The van der Waals surface area contributed by atoms with Crippen molar-refractivity contribution in [2.45, 2.75) is 19.4 Å². The van der Waals surface area contributed by atoms with Crippen LogP contribution in [-0.4, -0.2) is 67.3 Å². The number of aromatic nitrogens is 1. The van der Waals surface area contributed by atoms with Gasteiger partial charge in [0.05, 0.1) is 11.3 Å². The highest BCUT2D eigenvalue weighted by molar-refractivity contribution is 6.10. The molecule has 1 unspecified atom stereocenters. The molecule has 1 aliphatic heterocycles. The molecule has 1 atom stereocenters. The predicted molar refractivity (Wildman–Crippen MR) is 145 cm³/mol. The third kappa shape index (κ3) is 6.11. The molecule has 0 bridgehead atoms. The van der Waals surface area contributed by atoms with Gasteiger partial charge in [-0.3, -0.25) is 4.79 Å². The first kappa shape index (κ1) is 25.8. The fourth-order valence-electron chi connectivity index (χ4n) is 4.32. The average molecular weight is 504 g/mol. The Morgan fingerprint density at radius 1 is 1.16 bits per heavy atom. The lowest BCUT2D eigenvalue weighted by molar-refractivity contribution is 0.0990. The summed E-state index contributed by atoms with van der Waals surface area (Å²) in [4.78, 5) is 34.4. The SMILES string of the molecule is CCNc1cc2c(cn1)C(=O)N(c1cccc(OC(CCN(C)C(=O)O)c3ccccc3)c1)CCN2C. The first-order valence-corrected chi connectivity index (χ1v) is 12.4. The van der Waals surface area contributed by atoms with Crippen molar-refractivity contribution in [3.05, 3.63) is 78.0 Å². The summed E-state index contributed by atoms with van der Waals surface area (Å²) in [5, 5.41) is 12.5. The number of likely N-dealkylation sites (N-methyl/N-ethyl adjacent to an activating group) is 1. The smallest absolute Gasteiger partial charge is 0.407 e. The fourth-order valence-corrected chi connectivity index (χ4v) is 4.32. The average Bonchev–Trinajstić information content (AvgIpc) is 3.03. The second kappa shape index (κ2) is 11.6. The van der Waals surface area contributed by atoms with Crippen molar-refractivity contribution in [1.82, 2.24) is 9.88 Å². The molecule has 0 aliphatic carbocycles. The van der Waals surface area contributed by atoms with Crippen LogP contribution < -0.4 is 19.9 Å². The number of amides is 2. The summed E-state index contributed by atoms with van der Waals surface area (Å²) < 4.78 is 6.37. The number of fused-ring (bicyclic) bond motifs is 1. The molecule has 0 spiro atoms. The molecule has 0 saturated heterocycles. The van der Waals surface area contributed by atoms with Crippen LogP contribution in [0.15, 0.2) is 66.9 Å². The molecule has 2 N–H and O–H groups in total. The highest BCUT2D eigenvalue weighted by atomic mass is 16.5. The minimum Gasteiger partial charge on any atom is -0.486 e. The van der Waals surface area contributed by atoms with Crippen LogP contribution in [0.2, 0.25) is 0 Å². The van der Waals surface area contributed by atoms with E-state index in [0.29, 0.717) is 37.4 Å². The van der Waals surface area contributed by atoms with Gasteiger partial charge in [0.25, 0.3) is 5.91 Å². The van der Waals surface area contributed by atoms with E-state index >= 15 is 0 Å². The first-order chi connectivity index (χ1) is 17.9. The molecule has 2 aromatic carbocycles. The number of carboxylic acid groups (broad SMARTS) is 1. The minimum atomic E-state index is -0.981. The largest absolute Gasteiger partial charge is 0.486 e. The van der Waals surface area contributed by atoms with Gasteiger partial charge in [-0.05, 0) is 24.6 Å². The Hall–Kier alpha value is -4.27. The number of hydrogen-bond donors (Lipinski definition) is 2. The molecule has 2 amide bonds. The standard InChI is InChI=1S/C28H33N5O4/c1-4-29-26-18-24-23(19-30-26)27(34)33(16-15-31(24)2)21-11-8-12-22(17-21)37-25(13-14-32(3)28(35)36)20-9-6-5-7-10-20/h5-12,17-19,25H,4,13-16H2,1-3H3,(H,29,30)(H,35,36). The van der Waals surface area contributed by atoms with Gasteiger partial charge >= 0.3 is 6.09 Å². The molecule has 2 heterocycles. The molecule has 9 heteroatoms. The van der Waals surface area contributed by atoms with Crippen LogP contribution in [0.3, 0.4) is 0 Å². The summed E-state index contributed by atoms with van der Waals surface area (Å²) in [6, 6.07) is 19.1.